The third-order valence-electron chi connectivity index (χ3n) is 3.23. The topological polar surface area (TPSA) is 84.3 Å². The molecule has 18 heavy (non-hydrogen) atoms. The molecule has 98 valence electrons. The molecule has 2 N–H and O–H groups in total. The first-order chi connectivity index (χ1) is 8.51. The molecule has 2 rings (SSSR count). The quantitative estimate of drug-likeness (QED) is 0.793. The summed E-state index contributed by atoms with van der Waals surface area (Å²) in [4.78, 5) is 19.8. The Morgan fingerprint density at radius 3 is 2.94 bits per heavy atom. The Morgan fingerprint density at radius 1 is 1.61 bits per heavy atom. The van der Waals surface area contributed by atoms with E-state index in [1.807, 2.05) is 0 Å². The average molecular weight is 251 g/mol. The second-order valence-corrected chi connectivity index (χ2v) is 4.59. The zero-order valence-corrected chi connectivity index (χ0v) is 10.5. The summed E-state index contributed by atoms with van der Waals surface area (Å²) in [7, 11) is 0. The van der Waals surface area contributed by atoms with E-state index in [4.69, 9.17) is 4.74 Å². The van der Waals surface area contributed by atoms with Crippen molar-refractivity contribution >= 4 is 5.91 Å². The Hall–Kier alpha value is -1.53. The van der Waals surface area contributed by atoms with Gasteiger partial charge in [0.25, 0.3) is 5.91 Å². The number of nitrogens with one attached hydrogen (secondary N) is 1. The number of ether oxygens (including phenoxy) is 1. The average Bonchev–Trinajstić information content (AvgIpc) is 2.68. The molecule has 6 heteroatoms. The maximum Gasteiger partial charge on any atom is 0.271 e. The molecule has 0 aliphatic carbocycles. The van der Waals surface area contributed by atoms with E-state index < -0.39 is 5.60 Å². The standard InChI is InChI=1S/C12H17N3O3/c1-8-5-14-10(6-13-8)11(16)15-7-12(17)3-4-18-9(12)2/h5-6,9,17H,3-4,7H2,1-2H3,(H,15,16). The lowest BCUT2D eigenvalue weighted by Gasteiger charge is -2.25. The molecule has 2 atom stereocenters. The smallest absolute Gasteiger partial charge is 0.271 e. The van der Waals surface area contributed by atoms with Crippen LogP contribution >= 0.6 is 0 Å². The Balaban J connectivity index is 1.94. The van der Waals surface area contributed by atoms with Crippen molar-refractivity contribution in [1.82, 2.24) is 15.3 Å². The molecule has 1 aliphatic rings. The molecule has 0 saturated carbocycles. The Labute approximate surface area is 105 Å². The van der Waals surface area contributed by atoms with Crippen LogP contribution in [0.5, 0.6) is 0 Å². The summed E-state index contributed by atoms with van der Waals surface area (Å²) in [6.45, 7) is 4.26. The first-order valence-corrected chi connectivity index (χ1v) is 5.92. The minimum atomic E-state index is -0.992. The first-order valence-electron chi connectivity index (χ1n) is 5.92. The summed E-state index contributed by atoms with van der Waals surface area (Å²) in [6.07, 6.45) is 3.20. The van der Waals surface area contributed by atoms with Gasteiger partial charge in [0.05, 0.1) is 18.0 Å². The van der Waals surface area contributed by atoms with Crippen molar-refractivity contribution < 1.29 is 14.6 Å². The minimum Gasteiger partial charge on any atom is -0.385 e. The molecule has 1 saturated heterocycles. The van der Waals surface area contributed by atoms with Gasteiger partial charge in [0.15, 0.2) is 0 Å². The fraction of sp³-hybridized carbons (Fsp3) is 0.583. The number of carbonyl (C=O) groups excluding carboxylic acids is 1. The summed E-state index contributed by atoms with van der Waals surface area (Å²) in [5.41, 5.74) is 0.00658. The maximum atomic E-state index is 11.8. The molecule has 6 nitrogen and oxygen atoms in total. The van der Waals surface area contributed by atoms with Crippen molar-refractivity contribution in [2.45, 2.75) is 32.0 Å². The number of hydrogen-bond donors (Lipinski definition) is 2. The molecular formula is C12H17N3O3. The van der Waals surface area contributed by atoms with Crippen LogP contribution in [-0.2, 0) is 4.74 Å². The Bertz CT molecular complexity index is 435. The van der Waals surface area contributed by atoms with E-state index in [0.29, 0.717) is 13.0 Å². The van der Waals surface area contributed by atoms with Gasteiger partial charge < -0.3 is 15.2 Å². The molecule has 0 bridgehead atoms. The van der Waals surface area contributed by atoms with E-state index in [0.717, 1.165) is 5.69 Å². The molecular weight excluding hydrogens is 234 g/mol. The van der Waals surface area contributed by atoms with Crippen molar-refractivity contribution in [2.24, 2.45) is 0 Å². The van der Waals surface area contributed by atoms with Gasteiger partial charge in [-0.1, -0.05) is 0 Å². The lowest BCUT2D eigenvalue weighted by molar-refractivity contribution is -0.0252. The maximum absolute atomic E-state index is 11.8. The van der Waals surface area contributed by atoms with Crippen LogP contribution in [0, 0.1) is 6.92 Å². The minimum absolute atomic E-state index is 0.155. The summed E-state index contributed by atoms with van der Waals surface area (Å²) >= 11 is 0. The van der Waals surface area contributed by atoms with Crippen LogP contribution in [0.3, 0.4) is 0 Å². The fourth-order valence-corrected chi connectivity index (χ4v) is 1.84. The third-order valence-corrected chi connectivity index (χ3v) is 3.23. The van der Waals surface area contributed by atoms with Gasteiger partial charge in [0.1, 0.15) is 11.3 Å². The summed E-state index contributed by atoms with van der Waals surface area (Å²) in [5.74, 6) is -0.338. The highest BCUT2D eigenvalue weighted by Gasteiger charge is 2.39. The number of amides is 1. The highest BCUT2D eigenvalue weighted by molar-refractivity contribution is 5.91. The van der Waals surface area contributed by atoms with Gasteiger partial charge in [-0.15, -0.1) is 0 Å². The second-order valence-electron chi connectivity index (χ2n) is 4.59. The lowest BCUT2D eigenvalue weighted by Crippen LogP contribution is -2.47. The van der Waals surface area contributed by atoms with E-state index in [2.05, 4.69) is 15.3 Å². The zero-order valence-electron chi connectivity index (χ0n) is 10.5. The molecule has 2 unspecified atom stereocenters. The third kappa shape index (κ3) is 2.65. The summed E-state index contributed by atoms with van der Waals surface area (Å²) in [5, 5.41) is 12.9. The van der Waals surface area contributed by atoms with E-state index in [1.54, 1.807) is 13.8 Å². The zero-order chi connectivity index (χ0) is 13.2. The van der Waals surface area contributed by atoms with Crippen LogP contribution in [0.4, 0.5) is 0 Å². The number of aliphatic hydroxyl groups is 1. The van der Waals surface area contributed by atoms with Gasteiger partial charge in [-0.25, -0.2) is 4.98 Å². The number of aromatic nitrogens is 2. The van der Waals surface area contributed by atoms with E-state index in [9.17, 15) is 9.90 Å². The van der Waals surface area contributed by atoms with Gasteiger partial charge in [0.2, 0.25) is 0 Å². The second kappa shape index (κ2) is 4.99. The number of rotatable bonds is 3. The van der Waals surface area contributed by atoms with Crippen molar-refractivity contribution in [1.29, 1.82) is 0 Å². The first kappa shape index (κ1) is 12.9. The Kier molecular flexibility index (Phi) is 3.58. The van der Waals surface area contributed by atoms with Gasteiger partial charge in [-0.2, -0.15) is 0 Å². The summed E-state index contributed by atoms with van der Waals surface area (Å²) < 4.78 is 5.29. The molecule has 0 aromatic carbocycles. The monoisotopic (exact) mass is 251 g/mol. The van der Waals surface area contributed by atoms with Crippen molar-refractivity contribution in [3.63, 3.8) is 0 Å². The summed E-state index contributed by atoms with van der Waals surface area (Å²) in [6, 6.07) is 0. The fourth-order valence-electron chi connectivity index (χ4n) is 1.84. The highest BCUT2D eigenvalue weighted by Crippen LogP contribution is 2.24. The molecule has 1 fully saturated rings. The normalized spacial score (nSPS) is 27.2. The lowest BCUT2D eigenvalue weighted by atomic mass is 9.97. The number of aryl methyl sites for hydroxylation is 1. The van der Waals surface area contributed by atoms with Crippen molar-refractivity contribution in [3.05, 3.63) is 23.8 Å². The van der Waals surface area contributed by atoms with Crippen molar-refractivity contribution in [3.8, 4) is 0 Å². The van der Waals surface area contributed by atoms with Crippen LogP contribution in [0.2, 0.25) is 0 Å². The number of carbonyl (C=O) groups is 1. The molecule has 2 heterocycles. The SMILES string of the molecule is Cc1cnc(C(=O)NCC2(O)CCOC2C)cn1. The van der Waals surface area contributed by atoms with Crippen molar-refractivity contribution in [2.75, 3.05) is 13.2 Å². The molecule has 1 aliphatic heterocycles. The molecule has 1 amide bonds. The van der Waals surface area contributed by atoms with E-state index in [-0.39, 0.29) is 24.2 Å². The van der Waals surface area contributed by atoms with Gasteiger partial charge in [-0.05, 0) is 13.8 Å². The highest BCUT2D eigenvalue weighted by atomic mass is 16.5. The van der Waals surface area contributed by atoms with E-state index >= 15 is 0 Å². The van der Waals surface area contributed by atoms with Crippen LogP contribution < -0.4 is 5.32 Å². The largest absolute Gasteiger partial charge is 0.385 e. The van der Waals surface area contributed by atoms with Crippen LogP contribution in [0.25, 0.3) is 0 Å². The molecule has 0 spiro atoms. The predicted octanol–water partition coefficient (Wildman–Crippen LogP) is 0.0547. The van der Waals surface area contributed by atoms with E-state index in [1.165, 1.54) is 12.4 Å². The van der Waals surface area contributed by atoms with Crippen LogP contribution in [0.1, 0.15) is 29.5 Å². The van der Waals surface area contributed by atoms with Gasteiger partial charge >= 0.3 is 0 Å². The Morgan fingerprint density at radius 2 is 2.39 bits per heavy atom. The number of hydrogen-bond acceptors (Lipinski definition) is 5. The predicted molar refractivity (Wildman–Crippen MR) is 64.1 cm³/mol. The molecule has 1 aromatic heterocycles. The number of nitrogens with zero attached hydrogens (tertiary/aromatic N) is 2. The van der Waals surface area contributed by atoms with Crippen LogP contribution in [0.15, 0.2) is 12.4 Å². The van der Waals surface area contributed by atoms with Crippen LogP contribution in [-0.4, -0.2) is 45.8 Å². The molecule has 1 aromatic rings. The molecule has 0 radical (unpaired) electrons. The van der Waals surface area contributed by atoms with Gasteiger partial charge in [-0.3, -0.25) is 9.78 Å². The van der Waals surface area contributed by atoms with Gasteiger partial charge in [0, 0.05) is 25.8 Å².